The lowest BCUT2D eigenvalue weighted by atomic mass is 9.99. The zero-order valence-corrected chi connectivity index (χ0v) is 15.7. The Morgan fingerprint density at radius 2 is 2.00 bits per heavy atom. The number of ether oxygens (including phenoxy) is 1. The molecule has 1 aliphatic carbocycles. The Hall–Kier alpha value is -1.59. The van der Waals surface area contributed by atoms with Gasteiger partial charge in [0.25, 0.3) is 0 Å². The van der Waals surface area contributed by atoms with Gasteiger partial charge in [-0.25, -0.2) is 9.80 Å². The molecule has 1 unspecified atom stereocenters. The van der Waals surface area contributed by atoms with Crippen molar-refractivity contribution in [1.29, 1.82) is 0 Å². The van der Waals surface area contributed by atoms with Gasteiger partial charge in [-0.1, -0.05) is 12.8 Å². The van der Waals surface area contributed by atoms with Crippen LogP contribution in [0.3, 0.4) is 0 Å². The smallest absolute Gasteiger partial charge is 0.410 e. The second kappa shape index (κ2) is 7.53. The molecule has 6 nitrogen and oxygen atoms in total. The molecule has 0 N–H and O–H groups in total. The molecule has 1 aliphatic heterocycles. The molecule has 0 aromatic carbocycles. The zero-order valence-electron chi connectivity index (χ0n) is 15.7. The van der Waals surface area contributed by atoms with Gasteiger partial charge in [-0.05, 0) is 53.4 Å². The molecule has 136 valence electrons. The lowest BCUT2D eigenvalue weighted by molar-refractivity contribution is -0.131. The predicted octanol–water partition coefficient (Wildman–Crippen LogP) is 3.41. The maximum atomic E-state index is 12.3. The zero-order chi connectivity index (χ0) is 17.9. The maximum Gasteiger partial charge on any atom is 0.410 e. The van der Waals surface area contributed by atoms with Crippen molar-refractivity contribution in [2.75, 3.05) is 13.1 Å². The summed E-state index contributed by atoms with van der Waals surface area (Å²) in [6.07, 6.45) is 4.79. The third-order valence-corrected chi connectivity index (χ3v) is 4.73. The molecule has 0 aromatic rings. The van der Waals surface area contributed by atoms with E-state index in [0.717, 1.165) is 5.71 Å². The van der Waals surface area contributed by atoms with Gasteiger partial charge in [-0.15, -0.1) is 0 Å². The average molecular weight is 337 g/mol. The Morgan fingerprint density at radius 1 is 1.38 bits per heavy atom. The van der Waals surface area contributed by atoms with Crippen molar-refractivity contribution < 1.29 is 14.3 Å². The highest BCUT2D eigenvalue weighted by atomic mass is 16.6. The summed E-state index contributed by atoms with van der Waals surface area (Å²) in [4.78, 5) is 26.2. The van der Waals surface area contributed by atoms with Crippen molar-refractivity contribution in [2.24, 2.45) is 11.0 Å². The van der Waals surface area contributed by atoms with E-state index in [1.807, 2.05) is 27.7 Å². The van der Waals surface area contributed by atoms with Crippen LogP contribution in [0.4, 0.5) is 4.79 Å². The van der Waals surface area contributed by atoms with E-state index in [1.165, 1.54) is 25.7 Å². The lowest BCUT2D eigenvalue weighted by Gasteiger charge is -2.27. The lowest BCUT2D eigenvalue weighted by Crippen LogP contribution is -2.39. The summed E-state index contributed by atoms with van der Waals surface area (Å²) < 4.78 is 5.42. The molecule has 0 radical (unpaired) electrons. The molecule has 0 bridgehead atoms. The number of carbonyl (C=O) groups excluding carboxylic acids is 2. The van der Waals surface area contributed by atoms with E-state index in [-0.39, 0.29) is 18.0 Å². The normalized spacial score (nSPS) is 20.3. The third-order valence-electron chi connectivity index (χ3n) is 4.73. The number of hydrogen-bond donors (Lipinski definition) is 0. The van der Waals surface area contributed by atoms with Crippen LogP contribution in [0.5, 0.6) is 0 Å². The van der Waals surface area contributed by atoms with Gasteiger partial charge in [0.15, 0.2) is 0 Å². The van der Waals surface area contributed by atoms with E-state index in [4.69, 9.17) is 4.74 Å². The molecule has 0 spiro atoms. The first-order chi connectivity index (χ1) is 11.2. The van der Waals surface area contributed by atoms with Gasteiger partial charge < -0.3 is 9.64 Å². The number of amides is 2. The van der Waals surface area contributed by atoms with Crippen molar-refractivity contribution in [3.05, 3.63) is 0 Å². The quantitative estimate of drug-likeness (QED) is 0.772. The number of carbonyl (C=O) groups is 2. The van der Waals surface area contributed by atoms with E-state index in [9.17, 15) is 9.59 Å². The summed E-state index contributed by atoms with van der Waals surface area (Å²) in [5.74, 6) is 0.592. The van der Waals surface area contributed by atoms with E-state index in [0.29, 0.717) is 25.4 Å². The molecule has 0 aromatic heterocycles. The number of hydrazone groups is 1. The van der Waals surface area contributed by atoms with Crippen LogP contribution in [0.2, 0.25) is 0 Å². The monoisotopic (exact) mass is 337 g/mol. The van der Waals surface area contributed by atoms with Crippen molar-refractivity contribution in [1.82, 2.24) is 9.91 Å². The van der Waals surface area contributed by atoms with E-state index >= 15 is 0 Å². The van der Waals surface area contributed by atoms with Gasteiger partial charge in [0.1, 0.15) is 5.60 Å². The number of nitrogens with zero attached hydrogens (tertiary/aromatic N) is 3. The van der Waals surface area contributed by atoms with Crippen LogP contribution in [0, 0.1) is 5.92 Å². The Balaban J connectivity index is 1.99. The SMILES string of the molecule is CCN(CC1=NN(C(C)C2CCCC2)C(=O)C1)C(=O)OC(C)(C)C. The molecular formula is C18H31N3O3. The van der Waals surface area contributed by atoms with E-state index < -0.39 is 5.60 Å². The molecule has 1 fully saturated rings. The van der Waals surface area contributed by atoms with Crippen molar-refractivity contribution in [3.63, 3.8) is 0 Å². The Bertz CT molecular complexity index is 504. The standard InChI is InChI=1S/C18H31N3O3/c1-6-20(17(23)24-18(3,4)5)12-15-11-16(22)21(19-15)13(2)14-9-7-8-10-14/h13-14H,6-12H2,1-5H3. The summed E-state index contributed by atoms with van der Waals surface area (Å²) in [7, 11) is 0. The largest absolute Gasteiger partial charge is 0.444 e. The summed E-state index contributed by atoms with van der Waals surface area (Å²) >= 11 is 0. The molecule has 2 aliphatic rings. The first-order valence-corrected chi connectivity index (χ1v) is 9.07. The molecule has 1 heterocycles. The van der Waals surface area contributed by atoms with Crippen molar-refractivity contribution in [2.45, 2.75) is 78.4 Å². The molecule has 1 atom stereocenters. The van der Waals surface area contributed by atoms with Gasteiger partial charge in [0.05, 0.1) is 24.7 Å². The highest BCUT2D eigenvalue weighted by Crippen LogP contribution is 2.31. The Morgan fingerprint density at radius 3 is 2.54 bits per heavy atom. The first-order valence-electron chi connectivity index (χ1n) is 9.07. The van der Waals surface area contributed by atoms with Crippen molar-refractivity contribution >= 4 is 17.7 Å². The van der Waals surface area contributed by atoms with Gasteiger partial charge >= 0.3 is 6.09 Å². The topological polar surface area (TPSA) is 62.2 Å². The van der Waals surface area contributed by atoms with E-state index in [2.05, 4.69) is 12.0 Å². The van der Waals surface area contributed by atoms with Crippen LogP contribution in [0.25, 0.3) is 0 Å². The van der Waals surface area contributed by atoms with Crippen LogP contribution >= 0.6 is 0 Å². The van der Waals surface area contributed by atoms with Gasteiger partial charge in [-0.2, -0.15) is 5.10 Å². The molecule has 0 saturated heterocycles. The highest BCUT2D eigenvalue weighted by Gasteiger charge is 2.34. The summed E-state index contributed by atoms with van der Waals surface area (Å²) in [6.45, 7) is 10.4. The fourth-order valence-corrected chi connectivity index (χ4v) is 3.40. The highest BCUT2D eigenvalue weighted by molar-refractivity contribution is 6.06. The molecule has 6 heteroatoms. The minimum atomic E-state index is -0.527. The fraction of sp³-hybridized carbons (Fsp3) is 0.833. The molecular weight excluding hydrogens is 306 g/mol. The second-order valence-corrected chi connectivity index (χ2v) is 7.86. The summed E-state index contributed by atoms with van der Waals surface area (Å²) in [6, 6.07) is 0.147. The summed E-state index contributed by atoms with van der Waals surface area (Å²) in [5.41, 5.74) is 0.221. The van der Waals surface area contributed by atoms with Crippen LogP contribution < -0.4 is 0 Å². The Labute approximate surface area is 145 Å². The Kier molecular flexibility index (Phi) is 5.88. The minimum Gasteiger partial charge on any atom is -0.444 e. The maximum absolute atomic E-state index is 12.3. The fourth-order valence-electron chi connectivity index (χ4n) is 3.40. The van der Waals surface area contributed by atoms with Gasteiger partial charge in [0, 0.05) is 6.54 Å². The van der Waals surface area contributed by atoms with Crippen LogP contribution in [-0.4, -0.2) is 52.4 Å². The van der Waals surface area contributed by atoms with Crippen LogP contribution in [-0.2, 0) is 9.53 Å². The minimum absolute atomic E-state index is 0.0460. The molecule has 2 rings (SSSR count). The third kappa shape index (κ3) is 4.71. The number of hydrogen-bond acceptors (Lipinski definition) is 4. The van der Waals surface area contributed by atoms with E-state index in [1.54, 1.807) is 9.91 Å². The number of rotatable bonds is 5. The molecule has 2 amide bonds. The van der Waals surface area contributed by atoms with Crippen molar-refractivity contribution in [3.8, 4) is 0 Å². The summed E-state index contributed by atoms with van der Waals surface area (Å²) in [5, 5.41) is 6.18. The average Bonchev–Trinajstić information content (AvgIpc) is 3.11. The molecule has 1 saturated carbocycles. The molecule has 24 heavy (non-hydrogen) atoms. The van der Waals surface area contributed by atoms with Gasteiger partial charge in [0.2, 0.25) is 5.91 Å². The first kappa shape index (κ1) is 18.7. The van der Waals surface area contributed by atoms with Gasteiger partial charge in [-0.3, -0.25) is 4.79 Å². The second-order valence-electron chi connectivity index (χ2n) is 7.86. The predicted molar refractivity (Wildman–Crippen MR) is 93.8 cm³/mol. The van der Waals surface area contributed by atoms with Crippen LogP contribution in [0.15, 0.2) is 5.10 Å². The van der Waals surface area contributed by atoms with Crippen LogP contribution in [0.1, 0.15) is 66.7 Å².